The van der Waals surface area contributed by atoms with Crippen LogP contribution in [0.15, 0.2) is 16.7 Å². The summed E-state index contributed by atoms with van der Waals surface area (Å²) in [6.45, 7) is 4.44. The summed E-state index contributed by atoms with van der Waals surface area (Å²) in [5.41, 5.74) is 0.955. The first kappa shape index (κ1) is 15.1. The van der Waals surface area contributed by atoms with Gasteiger partial charge in [-0.3, -0.25) is 4.79 Å². The molecule has 2 N–H and O–H groups in total. The highest BCUT2D eigenvalue weighted by molar-refractivity contribution is 5.74. The van der Waals surface area contributed by atoms with Crippen molar-refractivity contribution in [2.24, 2.45) is 5.92 Å². The predicted molar refractivity (Wildman–Crippen MR) is 69.7 cm³/mol. The van der Waals surface area contributed by atoms with Crippen molar-refractivity contribution in [1.29, 1.82) is 0 Å². The van der Waals surface area contributed by atoms with E-state index >= 15 is 0 Å². The van der Waals surface area contributed by atoms with Gasteiger partial charge < -0.3 is 19.7 Å². The van der Waals surface area contributed by atoms with Crippen LogP contribution >= 0.6 is 0 Å². The minimum atomic E-state index is -0.857. The van der Waals surface area contributed by atoms with Crippen molar-refractivity contribution in [2.45, 2.75) is 26.8 Å². The first-order valence-corrected chi connectivity index (χ1v) is 6.14. The minimum Gasteiger partial charge on any atom is -0.481 e. The highest BCUT2D eigenvalue weighted by Gasteiger charge is 2.13. The molecule has 106 valence electrons. The van der Waals surface area contributed by atoms with E-state index in [1.54, 1.807) is 20.2 Å². The summed E-state index contributed by atoms with van der Waals surface area (Å²) in [7, 11) is 1.68. The van der Waals surface area contributed by atoms with Crippen molar-refractivity contribution in [3.63, 3.8) is 0 Å². The van der Waals surface area contributed by atoms with Gasteiger partial charge in [-0.25, -0.2) is 4.79 Å². The van der Waals surface area contributed by atoms with Crippen LogP contribution in [0.4, 0.5) is 4.79 Å². The molecule has 6 heteroatoms. The Bertz CT molecular complexity index is 442. The van der Waals surface area contributed by atoms with Gasteiger partial charge in [0.1, 0.15) is 5.76 Å². The molecule has 1 atom stereocenters. The molecule has 0 saturated heterocycles. The fraction of sp³-hybridized carbons (Fsp3) is 0.538. The summed E-state index contributed by atoms with van der Waals surface area (Å²) in [6, 6.07) is 1.60. The topological polar surface area (TPSA) is 82.8 Å². The third-order valence-electron chi connectivity index (χ3n) is 2.85. The number of carboxylic acids is 1. The fourth-order valence-corrected chi connectivity index (χ4v) is 1.67. The molecule has 0 radical (unpaired) electrons. The van der Waals surface area contributed by atoms with Crippen LogP contribution in [0.5, 0.6) is 0 Å². The van der Waals surface area contributed by atoms with Crippen molar-refractivity contribution in [2.75, 3.05) is 13.6 Å². The Morgan fingerprint density at radius 3 is 2.74 bits per heavy atom. The van der Waals surface area contributed by atoms with E-state index in [9.17, 15) is 9.59 Å². The first-order chi connectivity index (χ1) is 8.90. The lowest BCUT2D eigenvalue weighted by molar-refractivity contribution is -0.137. The number of furan rings is 1. The SMILES string of the molecule is Cc1occc1CN(C)C(=O)NCC(C)CC(=O)O. The smallest absolute Gasteiger partial charge is 0.317 e. The highest BCUT2D eigenvalue weighted by Crippen LogP contribution is 2.11. The molecule has 0 fully saturated rings. The van der Waals surface area contributed by atoms with Crippen LogP contribution in [0.1, 0.15) is 24.7 Å². The number of nitrogens with zero attached hydrogens (tertiary/aromatic N) is 1. The number of carbonyl (C=O) groups excluding carboxylic acids is 1. The Labute approximate surface area is 112 Å². The summed E-state index contributed by atoms with van der Waals surface area (Å²) in [5, 5.41) is 11.3. The van der Waals surface area contributed by atoms with E-state index in [2.05, 4.69) is 5.32 Å². The normalized spacial score (nSPS) is 11.9. The monoisotopic (exact) mass is 268 g/mol. The third kappa shape index (κ3) is 5.03. The second-order valence-corrected chi connectivity index (χ2v) is 4.75. The summed E-state index contributed by atoms with van der Waals surface area (Å²) in [5.74, 6) is -0.159. The van der Waals surface area contributed by atoms with Crippen LogP contribution in [-0.2, 0) is 11.3 Å². The molecule has 0 spiro atoms. The maximum absolute atomic E-state index is 11.8. The van der Waals surface area contributed by atoms with Crippen LogP contribution in [0.3, 0.4) is 0 Å². The number of carbonyl (C=O) groups is 2. The van der Waals surface area contributed by atoms with Crippen LogP contribution in [0.2, 0.25) is 0 Å². The maximum Gasteiger partial charge on any atom is 0.317 e. The van der Waals surface area contributed by atoms with Crippen molar-refractivity contribution >= 4 is 12.0 Å². The second-order valence-electron chi connectivity index (χ2n) is 4.75. The lowest BCUT2D eigenvalue weighted by Gasteiger charge is -2.19. The van der Waals surface area contributed by atoms with E-state index in [0.717, 1.165) is 11.3 Å². The molecular weight excluding hydrogens is 248 g/mol. The van der Waals surface area contributed by atoms with E-state index in [4.69, 9.17) is 9.52 Å². The van der Waals surface area contributed by atoms with Gasteiger partial charge in [0.2, 0.25) is 0 Å². The minimum absolute atomic E-state index is 0.0465. The van der Waals surface area contributed by atoms with Crippen molar-refractivity contribution in [3.05, 3.63) is 23.7 Å². The molecule has 0 aliphatic heterocycles. The number of nitrogens with one attached hydrogen (secondary N) is 1. The number of amides is 2. The Kier molecular flexibility index (Phi) is 5.41. The van der Waals surface area contributed by atoms with Gasteiger partial charge in [-0.2, -0.15) is 0 Å². The molecule has 0 aromatic carbocycles. The zero-order valence-electron chi connectivity index (χ0n) is 11.5. The van der Waals surface area contributed by atoms with E-state index in [1.165, 1.54) is 4.90 Å². The molecule has 2 amide bonds. The molecular formula is C13H20N2O4. The summed E-state index contributed by atoms with van der Waals surface area (Å²) in [4.78, 5) is 23.8. The zero-order chi connectivity index (χ0) is 14.4. The Hall–Kier alpha value is -1.98. The number of hydrogen-bond donors (Lipinski definition) is 2. The summed E-state index contributed by atoms with van der Waals surface area (Å²) in [6.07, 6.45) is 1.64. The highest BCUT2D eigenvalue weighted by atomic mass is 16.4. The molecule has 0 bridgehead atoms. The maximum atomic E-state index is 11.8. The average Bonchev–Trinajstić information content (AvgIpc) is 2.71. The quantitative estimate of drug-likeness (QED) is 0.824. The standard InChI is InChI=1S/C13H20N2O4/c1-9(6-12(16)17)7-14-13(18)15(3)8-11-4-5-19-10(11)2/h4-5,9H,6-8H2,1-3H3,(H,14,18)(H,16,17). The predicted octanol–water partition coefficient (Wildman–Crippen LogP) is 1.84. The van der Waals surface area contributed by atoms with Gasteiger partial charge in [0, 0.05) is 25.6 Å². The number of rotatable bonds is 6. The van der Waals surface area contributed by atoms with E-state index < -0.39 is 5.97 Å². The van der Waals surface area contributed by atoms with Crippen molar-refractivity contribution in [3.8, 4) is 0 Å². The van der Waals surface area contributed by atoms with E-state index in [-0.39, 0.29) is 18.4 Å². The Morgan fingerprint density at radius 1 is 1.53 bits per heavy atom. The molecule has 0 aliphatic carbocycles. The van der Waals surface area contributed by atoms with Gasteiger partial charge >= 0.3 is 12.0 Å². The van der Waals surface area contributed by atoms with Crippen molar-refractivity contribution in [1.82, 2.24) is 10.2 Å². The van der Waals surface area contributed by atoms with Gasteiger partial charge in [0.15, 0.2) is 0 Å². The largest absolute Gasteiger partial charge is 0.481 e. The number of carboxylic acid groups (broad SMARTS) is 1. The van der Waals surface area contributed by atoms with Crippen LogP contribution in [0, 0.1) is 12.8 Å². The van der Waals surface area contributed by atoms with Crippen LogP contribution < -0.4 is 5.32 Å². The number of aliphatic carboxylic acids is 1. The van der Waals surface area contributed by atoms with E-state index in [0.29, 0.717) is 13.1 Å². The zero-order valence-corrected chi connectivity index (χ0v) is 11.5. The molecule has 0 aliphatic rings. The summed E-state index contributed by atoms with van der Waals surface area (Å²) >= 11 is 0. The van der Waals surface area contributed by atoms with Gasteiger partial charge in [0.25, 0.3) is 0 Å². The van der Waals surface area contributed by atoms with Gasteiger partial charge in [0.05, 0.1) is 12.8 Å². The number of aryl methyl sites for hydroxylation is 1. The molecule has 6 nitrogen and oxygen atoms in total. The Morgan fingerprint density at radius 2 is 2.21 bits per heavy atom. The molecule has 1 unspecified atom stereocenters. The fourth-order valence-electron chi connectivity index (χ4n) is 1.67. The van der Waals surface area contributed by atoms with Crippen LogP contribution in [-0.4, -0.2) is 35.6 Å². The number of hydrogen-bond acceptors (Lipinski definition) is 3. The molecule has 1 heterocycles. The number of urea groups is 1. The Balaban J connectivity index is 2.37. The van der Waals surface area contributed by atoms with Crippen molar-refractivity contribution < 1.29 is 19.1 Å². The second kappa shape index (κ2) is 6.82. The summed E-state index contributed by atoms with van der Waals surface area (Å²) < 4.78 is 5.16. The van der Waals surface area contributed by atoms with Gasteiger partial charge in [-0.05, 0) is 18.9 Å². The van der Waals surface area contributed by atoms with Gasteiger partial charge in [-0.15, -0.1) is 0 Å². The lowest BCUT2D eigenvalue weighted by atomic mass is 10.1. The molecule has 19 heavy (non-hydrogen) atoms. The molecule has 0 saturated carbocycles. The van der Waals surface area contributed by atoms with Gasteiger partial charge in [-0.1, -0.05) is 6.92 Å². The molecule has 1 aromatic heterocycles. The first-order valence-electron chi connectivity index (χ1n) is 6.14. The van der Waals surface area contributed by atoms with Crippen LogP contribution in [0.25, 0.3) is 0 Å². The average molecular weight is 268 g/mol. The molecule has 1 rings (SSSR count). The third-order valence-corrected chi connectivity index (χ3v) is 2.85. The van der Waals surface area contributed by atoms with E-state index in [1.807, 2.05) is 13.0 Å². The molecule has 1 aromatic rings. The lowest BCUT2D eigenvalue weighted by Crippen LogP contribution is -2.39.